The van der Waals surface area contributed by atoms with Gasteiger partial charge in [0.15, 0.2) is 5.82 Å². The van der Waals surface area contributed by atoms with Crippen molar-refractivity contribution in [3.05, 3.63) is 12.4 Å². The summed E-state index contributed by atoms with van der Waals surface area (Å²) in [5, 5.41) is 0. The number of ether oxygens (including phenoxy) is 2. The molecule has 0 bridgehead atoms. The van der Waals surface area contributed by atoms with E-state index in [-0.39, 0.29) is 18.0 Å². The summed E-state index contributed by atoms with van der Waals surface area (Å²) in [4.78, 5) is 22.1. The Morgan fingerprint density at radius 3 is 2.95 bits per heavy atom. The molecule has 19 heavy (non-hydrogen) atoms. The molecule has 0 saturated carbocycles. The fraction of sp³-hybridized carbons (Fsp3) is 0.615. The van der Waals surface area contributed by atoms with Crippen molar-refractivity contribution in [1.82, 2.24) is 9.97 Å². The third-order valence-corrected chi connectivity index (χ3v) is 3.00. The standard InChI is InChI=1S/C13H19N3O3/c1-9(2)19-12-7-14-6-11(15-12)16-5-4-10(8-16)13(17)18-3/h6-7,9-10H,4-5,8H2,1-3H3. The lowest BCUT2D eigenvalue weighted by atomic mass is 10.1. The molecule has 0 radical (unpaired) electrons. The van der Waals surface area contributed by atoms with E-state index in [0.29, 0.717) is 12.4 Å². The fourth-order valence-electron chi connectivity index (χ4n) is 2.12. The molecule has 0 spiro atoms. The molecule has 0 N–H and O–H groups in total. The quantitative estimate of drug-likeness (QED) is 0.764. The number of anilines is 1. The van der Waals surface area contributed by atoms with Gasteiger partial charge in [-0.1, -0.05) is 0 Å². The highest BCUT2D eigenvalue weighted by atomic mass is 16.5. The van der Waals surface area contributed by atoms with Crippen molar-refractivity contribution >= 4 is 11.8 Å². The van der Waals surface area contributed by atoms with E-state index in [0.717, 1.165) is 18.8 Å². The number of carbonyl (C=O) groups excluding carboxylic acids is 1. The Bertz CT molecular complexity index is 451. The molecule has 0 amide bonds. The zero-order valence-corrected chi connectivity index (χ0v) is 11.5. The number of esters is 1. The molecule has 0 aromatic carbocycles. The third-order valence-electron chi connectivity index (χ3n) is 3.00. The van der Waals surface area contributed by atoms with Crippen LogP contribution in [0.3, 0.4) is 0 Å². The van der Waals surface area contributed by atoms with E-state index in [2.05, 4.69) is 9.97 Å². The molecule has 1 atom stereocenters. The van der Waals surface area contributed by atoms with Crippen LogP contribution in [0.15, 0.2) is 12.4 Å². The largest absolute Gasteiger partial charge is 0.474 e. The smallest absolute Gasteiger partial charge is 0.310 e. The molecule has 2 rings (SSSR count). The average Bonchev–Trinajstić information content (AvgIpc) is 2.87. The molecule has 0 aliphatic carbocycles. The second kappa shape index (κ2) is 5.86. The van der Waals surface area contributed by atoms with Crippen LogP contribution in [0.2, 0.25) is 0 Å². The van der Waals surface area contributed by atoms with Crippen LogP contribution < -0.4 is 9.64 Å². The minimum absolute atomic E-state index is 0.0611. The van der Waals surface area contributed by atoms with Crippen LogP contribution >= 0.6 is 0 Å². The number of methoxy groups -OCH3 is 1. The van der Waals surface area contributed by atoms with Crippen LogP contribution in [-0.4, -0.2) is 42.2 Å². The Kier molecular flexibility index (Phi) is 4.19. The molecule has 1 aromatic rings. The van der Waals surface area contributed by atoms with Crippen LogP contribution in [0.4, 0.5) is 5.82 Å². The Balaban J connectivity index is 2.05. The first kappa shape index (κ1) is 13.6. The number of nitrogens with zero attached hydrogens (tertiary/aromatic N) is 3. The van der Waals surface area contributed by atoms with Gasteiger partial charge in [-0.3, -0.25) is 9.78 Å². The molecule has 1 fully saturated rings. The predicted octanol–water partition coefficient (Wildman–Crippen LogP) is 1.26. The average molecular weight is 265 g/mol. The lowest BCUT2D eigenvalue weighted by molar-refractivity contribution is -0.144. The Hall–Kier alpha value is -1.85. The molecule has 1 aromatic heterocycles. The number of hydrogen-bond acceptors (Lipinski definition) is 6. The Morgan fingerprint density at radius 1 is 1.47 bits per heavy atom. The van der Waals surface area contributed by atoms with Gasteiger partial charge < -0.3 is 14.4 Å². The van der Waals surface area contributed by atoms with Gasteiger partial charge >= 0.3 is 5.97 Å². The van der Waals surface area contributed by atoms with E-state index < -0.39 is 0 Å². The molecule has 6 nitrogen and oxygen atoms in total. The highest BCUT2D eigenvalue weighted by Crippen LogP contribution is 2.23. The summed E-state index contributed by atoms with van der Waals surface area (Å²) in [5.41, 5.74) is 0. The molecule has 104 valence electrons. The van der Waals surface area contributed by atoms with Gasteiger partial charge in [-0.05, 0) is 20.3 Å². The van der Waals surface area contributed by atoms with E-state index >= 15 is 0 Å². The van der Waals surface area contributed by atoms with Crippen molar-refractivity contribution in [2.24, 2.45) is 5.92 Å². The zero-order chi connectivity index (χ0) is 13.8. The van der Waals surface area contributed by atoms with E-state index in [4.69, 9.17) is 9.47 Å². The number of hydrogen-bond donors (Lipinski definition) is 0. The van der Waals surface area contributed by atoms with Gasteiger partial charge in [-0.2, -0.15) is 4.98 Å². The maximum Gasteiger partial charge on any atom is 0.310 e. The maximum absolute atomic E-state index is 11.5. The van der Waals surface area contributed by atoms with E-state index in [1.54, 1.807) is 12.4 Å². The maximum atomic E-state index is 11.5. The third kappa shape index (κ3) is 3.33. The van der Waals surface area contributed by atoms with Gasteiger partial charge in [0.1, 0.15) is 0 Å². The fourth-order valence-corrected chi connectivity index (χ4v) is 2.12. The SMILES string of the molecule is COC(=O)C1CCN(c2cncc(OC(C)C)n2)C1. The number of aromatic nitrogens is 2. The molecular weight excluding hydrogens is 246 g/mol. The van der Waals surface area contributed by atoms with Crippen LogP contribution in [0, 0.1) is 5.92 Å². The second-order valence-corrected chi connectivity index (χ2v) is 4.84. The van der Waals surface area contributed by atoms with Crippen LogP contribution in [-0.2, 0) is 9.53 Å². The Labute approximate surface area is 112 Å². The first-order chi connectivity index (χ1) is 9.10. The summed E-state index contributed by atoms with van der Waals surface area (Å²) in [7, 11) is 1.42. The van der Waals surface area contributed by atoms with Gasteiger partial charge in [0.25, 0.3) is 0 Å². The van der Waals surface area contributed by atoms with Crippen LogP contribution in [0.5, 0.6) is 5.88 Å². The predicted molar refractivity (Wildman–Crippen MR) is 70.1 cm³/mol. The van der Waals surface area contributed by atoms with Crippen molar-refractivity contribution in [1.29, 1.82) is 0 Å². The van der Waals surface area contributed by atoms with E-state index in [9.17, 15) is 4.79 Å². The molecule has 6 heteroatoms. The summed E-state index contributed by atoms with van der Waals surface area (Å²) >= 11 is 0. The highest BCUT2D eigenvalue weighted by Gasteiger charge is 2.30. The summed E-state index contributed by atoms with van der Waals surface area (Å²) in [6, 6.07) is 0. The van der Waals surface area contributed by atoms with Gasteiger partial charge in [0.2, 0.25) is 5.88 Å². The number of carbonyl (C=O) groups is 1. The topological polar surface area (TPSA) is 64.5 Å². The summed E-state index contributed by atoms with van der Waals surface area (Å²) in [6.45, 7) is 5.28. The van der Waals surface area contributed by atoms with E-state index in [1.165, 1.54) is 7.11 Å². The molecule has 2 heterocycles. The normalized spacial score (nSPS) is 18.7. The van der Waals surface area contributed by atoms with Crippen molar-refractivity contribution in [2.45, 2.75) is 26.4 Å². The summed E-state index contributed by atoms with van der Waals surface area (Å²) in [5.74, 6) is 1.00. The van der Waals surface area contributed by atoms with Gasteiger partial charge in [0.05, 0.1) is 31.5 Å². The first-order valence-corrected chi connectivity index (χ1v) is 6.41. The van der Waals surface area contributed by atoms with Crippen LogP contribution in [0.25, 0.3) is 0 Å². The minimum Gasteiger partial charge on any atom is -0.474 e. The highest BCUT2D eigenvalue weighted by molar-refractivity contribution is 5.74. The number of rotatable bonds is 4. The van der Waals surface area contributed by atoms with Gasteiger partial charge in [-0.25, -0.2) is 0 Å². The molecule has 1 unspecified atom stereocenters. The Morgan fingerprint density at radius 2 is 2.26 bits per heavy atom. The second-order valence-electron chi connectivity index (χ2n) is 4.84. The lowest BCUT2D eigenvalue weighted by Gasteiger charge is -2.17. The van der Waals surface area contributed by atoms with Crippen molar-refractivity contribution in [3.8, 4) is 5.88 Å². The molecule has 1 aliphatic heterocycles. The van der Waals surface area contributed by atoms with Crippen molar-refractivity contribution in [2.75, 3.05) is 25.1 Å². The lowest BCUT2D eigenvalue weighted by Crippen LogP contribution is -2.24. The zero-order valence-electron chi connectivity index (χ0n) is 11.5. The summed E-state index contributed by atoms with van der Waals surface area (Å²) in [6.07, 6.45) is 4.12. The van der Waals surface area contributed by atoms with Crippen molar-refractivity contribution in [3.63, 3.8) is 0 Å². The summed E-state index contributed by atoms with van der Waals surface area (Å²) < 4.78 is 10.3. The van der Waals surface area contributed by atoms with Gasteiger partial charge in [0, 0.05) is 13.1 Å². The minimum atomic E-state index is -0.162. The van der Waals surface area contributed by atoms with Gasteiger partial charge in [-0.15, -0.1) is 0 Å². The van der Waals surface area contributed by atoms with Crippen molar-refractivity contribution < 1.29 is 14.3 Å². The van der Waals surface area contributed by atoms with Crippen LogP contribution in [0.1, 0.15) is 20.3 Å². The van der Waals surface area contributed by atoms with E-state index in [1.807, 2.05) is 18.7 Å². The molecule has 1 aliphatic rings. The monoisotopic (exact) mass is 265 g/mol. The molecule has 1 saturated heterocycles. The molecular formula is C13H19N3O3. The first-order valence-electron chi connectivity index (χ1n) is 6.41.